The number of unbranched alkanes of at least 4 members (excludes halogenated alkanes) is 1. The molecule has 0 amide bonds. The molecular formula is C17H24O4. The lowest BCUT2D eigenvalue weighted by atomic mass is 10.1. The molecule has 0 fully saturated rings. The summed E-state index contributed by atoms with van der Waals surface area (Å²) in [6, 6.07) is 5.12. The number of carbonyl (C=O) groups is 2. The lowest BCUT2D eigenvalue weighted by molar-refractivity contribution is -0.134. The fraction of sp³-hybridized carbons (Fsp3) is 0.529. The molecule has 1 aromatic rings. The van der Waals surface area contributed by atoms with Crippen LogP contribution in [0.5, 0.6) is 5.75 Å². The summed E-state index contributed by atoms with van der Waals surface area (Å²) in [6.45, 7) is 9.27. The maximum absolute atomic E-state index is 12.2. The summed E-state index contributed by atoms with van der Waals surface area (Å²) in [6.07, 6.45) is 2.03. The van der Waals surface area contributed by atoms with Gasteiger partial charge in [0.1, 0.15) is 16.9 Å². The third-order valence-corrected chi connectivity index (χ3v) is 2.71. The van der Waals surface area contributed by atoms with Crippen LogP contribution in [0, 0.1) is 6.92 Å². The van der Waals surface area contributed by atoms with Gasteiger partial charge in [0.05, 0.1) is 0 Å². The lowest BCUT2D eigenvalue weighted by Crippen LogP contribution is -2.24. The molecule has 0 aliphatic carbocycles. The quantitative estimate of drug-likeness (QED) is 0.607. The summed E-state index contributed by atoms with van der Waals surface area (Å²) in [5.74, 6) is -0.550. The van der Waals surface area contributed by atoms with Gasteiger partial charge in [-0.1, -0.05) is 19.4 Å². The molecular weight excluding hydrogens is 268 g/mol. The van der Waals surface area contributed by atoms with Gasteiger partial charge < -0.3 is 9.47 Å². The Hall–Kier alpha value is -1.84. The SMILES string of the molecule is CCCCC(=O)Oc1ccc(C)cc1C(=O)OC(C)(C)C. The van der Waals surface area contributed by atoms with E-state index in [2.05, 4.69) is 0 Å². The van der Waals surface area contributed by atoms with Crippen LogP contribution in [0.15, 0.2) is 18.2 Å². The molecule has 1 rings (SSSR count). The minimum Gasteiger partial charge on any atom is -0.456 e. The minimum absolute atomic E-state index is 0.260. The van der Waals surface area contributed by atoms with E-state index in [0.29, 0.717) is 6.42 Å². The van der Waals surface area contributed by atoms with Crippen LogP contribution < -0.4 is 4.74 Å². The van der Waals surface area contributed by atoms with E-state index < -0.39 is 11.6 Å². The largest absolute Gasteiger partial charge is 0.456 e. The number of aryl methyl sites for hydroxylation is 1. The predicted molar refractivity (Wildman–Crippen MR) is 81.5 cm³/mol. The Labute approximate surface area is 126 Å². The van der Waals surface area contributed by atoms with E-state index in [0.717, 1.165) is 18.4 Å². The van der Waals surface area contributed by atoms with E-state index in [4.69, 9.17) is 9.47 Å². The van der Waals surface area contributed by atoms with Gasteiger partial charge in [-0.2, -0.15) is 0 Å². The Bertz CT molecular complexity index is 512. The second-order valence-electron chi connectivity index (χ2n) is 6.08. The molecule has 0 unspecified atom stereocenters. The summed E-state index contributed by atoms with van der Waals surface area (Å²) in [4.78, 5) is 24.0. The first-order valence-electron chi connectivity index (χ1n) is 7.27. The van der Waals surface area contributed by atoms with Crippen molar-refractivity contribution in [3.05, 3.63) is 29.3 Å². The van der Waals surface area contributed by atoms with Gasteiger partial charge in [0.25, 0.3) is 0 Å². The van der Waals surface area contributed by atoms with Gasteiger partial charge in [-0.25, -0.2) is 4.79 Å². The highest BCUT2D eigenvalue weighted by Gasteiger charge is 2.22. The summed E-state index contributed by atoms with van der Waals surface area (Å²) in [5, 5.41) is 0. The van der Waals surface area contributed by atoms with Gasteiger partial charge in [0.15, 0.2) is 0 Å². The van der Waals surface area contributed by atoms with Gasteiger partial charge in [-0.05, 0) is 51.8 Å². The summed E-state index contributed by atoms with van der Waals surface area (Å²) in [5.41, 5.74) is 0.601. The molecule has 0 aromatic heterocycles. The highest BCUT2D eigenvalue weighted by Crippen LogP contribution is 2.24. The number of rotatable bonds is 5. The van der Waals surface area contributed by atoms with Crippen molar-refractivity contribution in [2.24, 2.45) is 0 Å². The van der Waals surface area contributed by atoms with E-state index >= 15 is 0 Å². The normalized spacial score (nSPS) is 11.1. The number of hydrogen-bond acceptors (Lipinski definition) is 4. The fourth-order valence-corrected chi connectivity index (χ4v) is 1.72. The third-order valence-electron chi connectivity index (χ3n) is 2.71. The van der Waals surface area contributed by atoms with Crippen LogP contribution in [0.25, 0.3) is 0 Å². The second-order valence-corrected chi connectivity index (χ2v) is 6.08. The van der Waals surface area contributed by atoms with Gasteiger partial charge >= 0.3 is 11.9 Å². The van der Waals surface area contributed by atoms with Crippen molar-refractivity contribution < 1.29 is 19.1 Å². The molecule has 1 aromatic carbocycles. The fourth-order valence-electron chi connectivity index (χ4n) is 1.72. The van der Waals surface area contributed by atoms with Gasteiger partial charge in [0.2, 0.25) is 0 Å². The minimum atomic E-state index is -0.593. The van der Waals surface area contributed by atoms with Gasteiger partial charge in [-0.3, -0.25) is 4.79 Å². The first-order chi connectivity index (χ1) is 9.73. The highest BCUT2D eigenvalue weighted by molar-refractivity contribution is 5.94. The molecule has 4 nitrogen and oxygen atoms in total. The zero-order valence-electron chi connectivity index (χ0n) is 13.5. The topological polar surface area (TPSA) is 52.6 Å². The van der Waals surface area contributed by atoms with E-state index in [9.17, 15) is 9.59 Å². The molecule has 0 spiro atoms. The lowest BCUT2D eigenvalue weighted by Gasteiger charge is -2.20. The van der Waals surface area contributed by atoms with Crippen LogP contribution in [0.3, 0.4) is 0 Å². The molecule has 116 valence electrons. The monoisotopic (exact) mass is 292 g/mol. The maximum atomic E-state index is 12.2. The molecule has 0 saturated carbocycles. The van der Waals surface area contributed by atoms with Gasteiger partial charge in [-0.15, -0.1) is 0 Å². The van der Waals surface area contributed by atoms with Crippen molar-refractivity contribution in [1.29, 1.82) is 0 Å². The van der Waals surface area contributed by atoms with Crippen LogP contribution >= 0.6 is 0 Å². The molecule has 0 atom stereocenters. The average Bonchev–Trinajstić information content (AvgIpc) is 2.36. The predicted octanol–water partition coefficient (Wildman–Crippen LogP) is 4.05. The molecule has 0 heterocycles. The van der Waals surface area contributed by atoms with E-state index in [1.54, 1.807) is 39.0 Å². The molecule has 0 bridgehead atoms. The van der Waals surface area contributed by atoms with Crippen LogP contribution in [-0.2, 0) is 9.53 Å². The van der Waals surface area contributed by atoms with Crippen LogP contribution in [0.1, 0.15) is 62.9 Å². The number of carbonyl (C=O) groups excluding carboxylic acids is 2. The van der Waals surface area contributed by atoms with Crippen molar-refractivity contribution in [1.82, 2.24) is 0 Å². The average molecular weight is 292 g/mol. The molecule has 0 saturated heterocycles. The zero-order chi connectivity index (χ0) is 16.0. The Kier molecular flexibility index (Phi) is 5.94. The first-order valence-corrected chi connectivity index (χ1v) is 7.27. The van der Waals surface area contributed by atoms with Crippen molar-refractivity contribution in [3.63, 3.8) is 0 Å². The number of ether oxygens (including phenoxy) is 2. The number of hydrogen-bond donors (Lipinski definition) is 0. The van der Waals surface area contributed by atoms with E-state index in [1.807, 2.05) is 13.8 Å². The van der Waals surface area contributed by atoms with Crippen LogP contribution in [-0.4, -0.2) is 17.5 Å². The smallest absolute Gasteiger partial charge is 0.342 e. The van der Waals surface area contributed by atoms with E-state index in [-0.39, 0.29) is 17.3 Å². The van der Waals surface area contributed by atoms with E-state index in [1.165, 1.54) is 0 Å². The van der Waals surface area contributed by atoms with Gasteiger partial charge in [0, 0.05) is 6.42 Å². The Morgan fingerprint density at radius 2 is 1.86 bits per heavy atom. The summed E-state index contributed by atoms with van der Waals surface area (Å²) < 4.78 is 10.7. The first kappa shape index (κ1) is 17.2. The summed E-state index contributed by atoms with van der Waals surface area (Å²) >= 11 is 0. The molecule has 0 radical (unpaired) electrons. The van der Waals surface area contributed by atoms with Crippen molar-refractivity contribution >= 4 is 11.9 Å². The molecule has 0 aliphatic heterocycles. The highest BCUT2D eigenvalue weighted by atomic mass is 16.6. The number of benzene rings is 1. The molecule has 4 heteroatoms. The molecule has 21 heavy (non-hydrogen) atoms. The second kappa shape index (κ2) is 7.25. The third kappa shape index (κ3) is 5.98. The van der Waals surface area contributed by atoms with Crippen molar-refractivity contribution in [3.8, 4) is 5.75 Å². The Morgan fingerprint density at radius 1 is 1.19 bits per heavy atom. The molecule has 0 N–H and O–H groups in total. The van der Waals surface area contributed by atoms with Crippen LogP contribution in [0.2, 0.25) is 0 Å². The van der Waals surface area contributed by atoms with Crippen molar-refractivity contribution in [2.45, 2.75) is 59.5 Å². The Balaban J connectivity index is 2.94. The Morgan fingerprint density at radius 3 is 2.43 bits per heavy atom. The summed E-state index contributed by atoms with van der Waals surface area (Å²) in [7, 11) is 0. The maximum Gasteiger partial charge on any atom is 0.342 e. The zero-order valence-corrected chi connectivity index (χ0v) is 13.5. The standard InChI is InChI=1S/C17H24O4/c1-6-7-8-15(18)20-14-10-9-12(2)11-13(14)16(19)21-17(3,4)5/h9-11H,6-8H2,1-5H3. The van der Waals surface area contributed by atoms with Crippen molar-refractivity contribution in [2.75, 3.05) is 0 Å². The van der Waals surface area contributed by atoms with Crippen LogP contribution in [0.4, 0.5) is 0 Å². The number of esters is 2. The molecule has 0 aliphatic rings.